The third-order valence-electron chi connectivity index (χ3n) is 4.44. The van der Waals surface area contributed by atoms with Gasteiger partial charge in [0.15, 0.2) is 0 Å². The molecular formula is C19H15N3O5S. The van der Waals surface area contributed by atoms with E-state index in [-0.39, 0.29) is 5.69 Å². The van der Waals surface area contributed by atoms with E-state index in [4.69, 9.17) is 9.25 Å². The van der Waals surface area contributed by atoms with Crippen LogP contribution >= 0.6 is 11.8 Å². The average Bonchev–Trinajstić information content (AvgIpc) is 3.35. The molecule has 0 aliphatic carbocycles. The number of fused-ring (bicyclic) bond motifs is 1. The minimum atomic E-state index is -0.536. The van der Waals surface area contributed by atoms with Gasteiger partial charge >= 0.3 is 5.97 Å². The van der Waals surface area contributed by atoms with Gasteiger partial charge in [-0.2, -0.15) is 0 Å². The molecule has 0 N–H and O–H groups in total. The number of aryl methyl sites for hydroxylation is 1. The van der Waals surface area contributed by atoms with Crippen LogP contribution in [0.3, 0.4) is 0 Å². The Hall–Kier alpha value is -3.33. The third kappa shape index (κ3) is 2.99. The number of carbonyl (C=O) groups excluding carboxylic acids is 1. The van der Waals surface area contributed by atoms with Gasteiger partial charge in [-0.05, 0) is 38.1 Å². The van der Waals surface area contributed by atoms with Crippen molar-refractivity contribution in [1.82, 2.24) is 0 Å². The summed E-state index contributed by atoms with van der Waals surface area (Å²) in [7, 11) is 0. The molecule has 2 aromatic rings. The van der Waals surface area contributed by atoms with Crippen molar-refractivity contribution in [3.05, 3.63) is 74.7 Å². The second-order valence-corrected chi connectivity index (χ2v) is 7.11. The first-order valence-electron chi connectivity index (χ1n) is 8.49. The van der Waals surface area contributed by atoms with Gasteiger partial charge in [0.2, 0.25) is 0 Å². The van der Waals surface area contributed by atoms with E-state index in [1.807, 2.05) is 11.8 Å². The lowest BCUT2D eigenvalue weighted by molar-refractivity contribution is -0.385. The number of hydrogen-bond acceptors (Lipinski definition) is 8. The molecule has 0 saturated carbocycles. The number of thioether (sulfide) groups is 1. The lowest BCUT2D eigenvalue weighted by atomic mass is 10.0. The van der Waals surface area contributed by atoms with Gasteiger partial charge in [0.25, 0.3) is 5.69 Å². The maximum atomic E-state index is 12.1. The van der Waals surface area contributed by atoms with E-state index in [9.17, 15) is 14.9 Å². The van der Waals surface area contributed by atoms with Gasteiger partial charge in [-0.1, -0.05) is 16.9 Å². The number of benzene rings is 1. The molecule has 4 rings (SSSR count). The Morgan fingerprint density at radius 2 is 2.14 bits per heavy atom. The Bertz CT molecular complexity index is 1080. The minimum absolute atomic E-state index is 0.0473. The van der Waals surface area contributed by atoms with E-state index >= 15 is 0 Å². The molecule has 3 heterocycles. The zero-order valence-corrected chi connectivity index (χ0v) is 15.9. The summed E-state index contributed by atoms with van der Waals surface area (Å²) in [5.74, 6) is 0.104. The quantitative estimate of drug-likeness (QED) is 0.331. The van der Waals surface area contributed by atoms with E-state index in [1.165, 1.54) is 24.1 Å². The van der Waals surface area contributed by atoms with Gasteiger partial charge in [0.05, 0.1) is 27.5 Å². The number of nitro groups is 1. The maximum absolute atomic E-state index is 12.1. The van der Waals surface area contributed by atoms with E-state index in [1.54, 1.807) is 37.3 Å². The largest absolute Gasteiger partial charge is 0.469 e. The van der Waals surface area contributed by atoms with Crippen LogP contribution in [-0.2, 0) is 9.63 Å². The summed E-state index contributed by atoms with van der Waals surface area (Å²) in [5, 5.41) is 15.8. The van der Waals surface area contributed by atoms with Crippen LogP contribution in [0.15, 0.2) is 67.8 Å². The first-order valence-corrected chi connectivity index (χ1v) is 9.31. The van der Waals surface area contributed by atoms with Gasteiger partial charge < -0.3 is 14.2 Å². The Labute approximate surface area is 164 Å². The van der Waals surface area contributed by atoms with Crippen molar-refractivity contribution in [1.29, 1.82) is 0 Å². The van der Waals surface area contributed by atoms with Gasteiger partial charge in [-0.25, -0.2) is 4.79 Å². The topological polar surface area (TPSA) is 98.2 Å². The molecule has 0 atom stereocenters. The van der Waals surface area contributed by atoms with Crippen molar-refractivity contribution in [3.8, 4) is 0 Å². The number of nitro benzene ring substituents is 1. The molecule has 0 radical (unpaired) electrons. The molecular weight excluding hydrogens is 382 g/mol. The maximum Gasteiger partial charge on any atom is 0.368 e. The summed E-state index contributed by atoms with van der Waals surface area (Å²) in [6.07, 6.45) is 4.99. The molecule has 1 aromatic heterocycles. The second kappa shape index (κ2) is 7.01. The second-order valence-electron chi connectivity index (χ2n) is 6.05. The molecule has 28 heavy (non-hydrogen) atoms. The number of furan rings is 1. The first kappa shape index (κ1) is 18.1. The average molecular weight is 397 g/mol. The number of non-ortho nitro benzene ring substituents is 1. The highest BCUT2D eigenvalue weighted by Gasteiger charge is 2.29. The number of nitrogens with zero attached hydrogens (tertiary/aromatic N) is 3. The van der Waals surface area contributed by atoms with Crippen LogP contribution in [0.5, 0.6) is 0 Å². The smallest absolute Gasteiger partial charge is 0.368 e. The van der Waals surface area contributed by atoms with E-state index in [0.29, 0.717) is 29.2 Å². The zero-order chi connectivity index (χ0) is 19.8. The van der Waals surface area contributed by atoms with Crippen molar-refractivity contribution in [2.24, 2.45) is 5.16 Å². The van der Waals surface area contributed by atoms with Crippen molar-refractivity contribution in [3.63, 3.8) is 0 Å². The van der Waals surface area contributed by atoms with Crippen molar-refractivity contribution >= 4 is 34.8 Å². The van der Waals surface area contributed by atoms with Gasteiger partial charge in [-0.15, -0.1) is 0 Å². The molecule has 0 bridgehead atoms. The van der Waals surface area contributed by atoms with Crippen LogP contribution in [0.2, 0.25) is 0 Å². The molecule has 0 amide bonds. The fraction of sp³-hybridized carbons (Fsp3) is 0.158. The number of carbonyl (C=O) groups is 1. The zero-order valence-electron chi connectivity index (χ0n) is 15.0. The molecule has 0 unspecified atom stereocenters. The lowest BCUT2D eigenvalue weighted by Gasteiger charge is -2.17. The summed E-state index contributed by atoms with van der Waals surface area (Å²) in [5.41, 5.74) is 2.39. The number of allylic oxidation sites excluding steroid dienone is 2. The van der Waals surface area contributed by atoms with Crippen LogP contribution in [-0.4, -0.2) is 23.1 Å². The van der Waals surface area contributed by atoms with Crippen LogP contribution in [0, 0.1) is 17.0 Å². The highest BCUT2D eigenvalue weighted by Crippen LogP contribution is 2.47. The first-order chi connectivity index (χ1) is 13.5. The van der Waals surface area contributed by atoms with Crippen LogP contribution in [0.1, 0.15) is 18.2 Å². The molecule has 2 aliphatic rings. The summed E-state index contributed by atoms with van der Waals surface area (Å²) in [4.78, 5) is 30.4. The fourth-order valence-electron chi connectivity index (χ4n) is 3.07. The molecule has 1 aromatic carbocycles. The van der Waals surface area contributed by atoms with Gasteiger partial charge in [-0.3, -0.25) is 10.1 Å². The van der Waals surface area contributed by atoms with Crippen molar-refractivity contribution in [2.75, 3.05) is 11.4 Å². The SMILES string of the molecule is CCN1C(=CC=C2C(=O)ON=C2c2ccoc2C)Sc2cc([N+](=O)[O-])ccc21. The number of rotatable bonds is 4. The summed E-state index contributed by atoms with van der Waals surface area (Å²) >= 11 is 1.41. The molecule has 8 nitrogen and oxygen atoms in total. The molecule has 142 valence electrons. The lowest BCUT2D eigenvalue weighted by Crippen LogP contribution is -2.16. The summed E-state index contributed by atoms with van der Waals surface area (Å²) in [6, 6.07) is 6.52. The number of oxime groups is 1. The Balaban J connectivity index is 1.68. The standard InChI is InChI=1S/C19H15N3O5S/c1-3-21-15-6-4-12(22(24)25)10-16(15)28-17(21)7-5-14-18(20-27-19(14)23)13-8-9-26-11(13)2/h4-10H,3H2,1-2H3. The van der Waals surface area contributed by atoms with E-state index in [2.05, 4.69) is 5.16 Å². The highest BCUT2D eigenvalue weighted by atomic mass is 32.2. The number of hydrogen-bond donors (Lipinski definition) is 0. The van der Waals surface area contributed by atoms with Crippen LogP contribution in [0.25, 0.3) is 0 Å². The fourth-order valence-corrected chi connectivity index (χ4v) is 4.23. The Kier molecular flexibility index (Phi) is 4.52. The predicted octanol–water partition coefficient (Wildman–Crippen LogP) is 4.16. The summed E-state index contributed by atoms with van der Waals surface area (Å²) in [6.45, 7) is 4.45. The van der Waals surface area contributed by atoms with Crippen LogP contribution < -0.4 is 4.90 Å². The monoisotopic (exact) mass is 397 g/mol. The Morgan fingerprint density at radius 3 is 2.82 bits per heavy atom. The molecule has 9 heteroatoms. The van der Waals surface area contributed by atoms with Crippen molar-refractivity contribution < 1.29 is 19.0 Å². The number of anilines is 1. The van der Waals surface area contributed by atoms with E-state index in [0.717, 1.165) is 15.6 Å². The summed E-state index contributed by atoms with van der Waals surface area (Å²) < 4.78 is 5.29. The molecule has 0 saturated heterocycles. The molecule has 0 fully saturated rings. The van der Waals surface area contributed by atoms with Crippen LogP contribution in [0.4, 0.5) is 11.4 Å². The molecule has 0 spiro atoms. The molecule has 2 aliphatic heterocycles. The van der Waals surface area contributed by atoms with Crippen molar-refractivity contribution in [2.45, 2.75) is 18.7 Å². The minimum Gasteiger partial charge on any atom is -0.469 e. The highest BCUT2D eigenvalue weighted by molar-refractivity contribution is 8.03. The van der Waals surface area contributed by atoms with Gasteiger partial charge in [0.1, 0.15) is 11.5 Å². The van der Waals surface area contributed by atoms with E-state index < -0.39 is 10.9 Å². The van der Waals surface area contributed by atoms with Gasteiger partial charge in [0, 0.05) is 29.1 Å². The predicted molar refractivity (Wildman–Crippen MR) is 104 cm³/mol. The Morgan fingerprint density at radius 1 is 1.32 bits per heavy atom. The third-order valence-corrected chi connectivity index (χ3v) is 5.56. The normalized spacial score (nSPS) is 18.6.